The Kier molecular flexibility index (Phi) is 5.44. The van der Waals surface area contributed by atoms with Gasteiger partial charge >= 0.3 is 0 Å². The highest BCUT2D eigenvalue weighted by atomic mass is 16.1. The Labute approximate surface area is 182 Å². The number of anilines is 2. The van der Waals surface area contributed by atoms with Crippen LogP contribution in [0.25, 0.3) is 6.08 Å². The minimum atomic E-state index is 0.135. The summed E-state index contributed by atoms with van der Waals surface area (Å²) >= 11 is 0. The number of nitrogens with zero attached hydrogens (tertiary/aromatic N) is 5. The van der Waals surface area contributed by atoms with Crippen LogP contribution in [-0.2, 0) is 6.42 Å². The maximum atomic E-state index is 12.7. The Hall–Kier alpha value is -3.54. The summed E-state index contributed by atoms with van der Waals surface area (Å²) in [5, 5.41) is 0. The lowest BCUT2D eigenvalue weighted by molar-refractivity contribution is 0.0957. The predicted octanol–water partition coefficient (Wildman–Crippen LogP) is 3.66. The zero-order valence-corrected chi connectivity index (χ0v) is 17.4. The first-order valence-electron chi connectivity index (χ1n) is 10.8. The lowest BCUT2D eigenvalue weighted by Crippen LogP contribution is -2.47. The number of piperazine rings is 1. The summed E-state index contributed by atoms with van der Waals surface area (Å²) < 4.78 is 0. The molecule has 5 rings (SSSR count). The van der Waals surface area contributed by atoms with Crippen LogP contribution in [-0.4, -0.2) is 46.9 Å². The van der Waals surface area contributed by atoms with Crippen molar-refractivity contribution in [3.8, 4) is 0 Å². The zero-order chi connectivity index (χ0) is 21.0. The second kappa shape index (κ2) is 8.68. The lowest BCUT2D eigenvalue weighted by atomic mass is 9.86. The fraction of sp³-hybridized carbons (Fsp3) is 0.280. The van der Waals surface area contributed by atoms with Gasteiger partial charge in [-0.15, -0.1) is 0 Å². The maximum absolute atomic E-state index is 12.7. The van der Waals surface area contributed by atoms with Gasteiger partial charge in [-0.1, -0.05) is 48.6 Å². The van der Waals surface area contributed by atoms with E-state index in [0.717, 1.165) is 55.6 Å². The van der Waals surface area contributed by atoms with Crippen molar-refractivity contribution in [1.82, 2.24) is 15.0 Å². The average Bonchev–Trinajstić information content (AvgIpc) is 2.84. The largest absolute Gasteiger partial charge is 0.353 e. The van der Waals surface area contributed by atoms with Crippen LogP contribution in [0.5, 0.6) is 0 Å². The number of aromatic nitrogens is 3. The Morgan fingerprint density at radius 1 is 0.871 bits per heavy atom. The molecule has 156 valence electrons. The number of hydrogen-bond acceptors (Lipinski definition) is 6. The summed E-state index contributed by atoms with van der Waals surface area (Å²) in [6, 6.07) is 16.2. The van der Waals surface area contributed by atoms with E-state index in [1.165, 1.54) is 0 Å². The molecule has 3 heterocycles. The van der Waals surface area contributed by atoms with E-state index in [-0.39, 0.29) is 11.7 Å². The number of rotatable bonds is 4. The normalized spacial score (nSPS) is 19.0. The summed E-state index contributed by atoms with van der Waals surface area (Å²) in [5.74, 6) is 2.03. The van der Waals surface area contributed by atoms with Crippen LogP contribution >= 0.6 is 0 Å². The molecule has 2 aliphatic rings. The van der Waals surface area contributed by atoms with Crippen LogP contribution in [0.3, 0.4) is 0 Å². The molecule has 0 unspecified atom stereocenters. The van der Waals surface area contributed by atoms with Gasteiger partial charge in [0.1, 0.15) is 5.82 Å². The molecule has 6 heteroatoms. The molecule has 2 aromatic heterocycles. The van der Waals surface area contributed by atoms with Gasteiger partial charge in [0.05, 0.1) is 11.3 Å². The van der Waals surface area contributed by atoms with Gasteiger partial charge in [-0.05, 0) is 30.0 Å². The van der Waals surface area contributed by atoms with Gasteiger partial charge in [-0.2, -0.15) is 0 Å². The Morgan fingerprint density at radius 3 is 2.42 bits per heavy atom. The quantitative estimate of drug-likeness (QED) is 0.653. The SMILES string of the molecule is O=C1C[C@@H](/C=C/c2ccccc2)Cc2nc(N3CCN(c4ccccn4)CC3)ncc21. The number of pyridine rings is 1. The molecule has 1 saturated heterocycles. The maximum Gasteiger partial charge on any atom is 0.225 e. The minimum Gasteiger partial charge on any atom is -0.353 e. The topological polar surface area (TPSA) is 62.2 Å². The second-order valence-corrected chi connectivity index (χ2v) is 8.05. The van der Waals surface area contributed by atoms with Crippen LogP contribution < -0.4 is 9.80 Å². The fourth-order valence-electron chi connectivity index (χ4n) is 4.24. The molecule has 0 bridgehead atoms. The third-order valence-corrected chi connectivity index (χ3v) is 5.95. The van der Waals surface area contributed by atoms with Gasteiger partial charge in [-0.25, -0.2) is 15.0 Å². The third kappa shape index (κ3) is 4.33. The first-order chi connectivity index (χ1) is 15.3. The van der Waals surface area contributed by atoms with Crippen molar-refractivity contribution < 1.29 is 4.79 Å². The number of allylic oxidation sites excluding steroid dienone is 1. The molecule has 0 spiro atoms. The molecule has 6 nitrogen and oxygen atoms in total. The van der Waals surface area contributed by atoms with E-state index in [1.54, 1.807) is 6.20 Å². The Balaban J connectivity index is 1.28. The molecule has 0 radical (unpaired) electrons. The number of hydrogen-bond donors (Lipinski definition) is 0. The van der Waals surface area contributed by atoms with Crippen LogP contribution in [0.1, 0.15) is 28.0 Å². The van der Waals surface area contributed by atoms with Gasteiger partial charge in [0.2, 0.25) is 5.95 Å². The van der Waals surface area contributed by atoms with E-state index in [4.69, 9.17) is 4.98 Å². The molecule has 0 saturated carbocycles. The van der Waals surface area contributed by atoms with Gasteiger partial charge in [-0.3, -0.25) is 4.79 Å². The van der Waals surface area contributed by atoms with Crippen LogP contribution in [0, 0.1) is 5.92 Å². The Bertz CT molecular complexity index is 1080. The summed E-state index contributed by atoms with van der Waals surface area (Å²) in [5.41, 5.74) is 2.70. The highest BCUT2D eigenvalue weighted by Crippen LogP contribution is 2.27. The molecule has 0 N–H and O–H groups in total. The van der Waals surface area contributed by atoms with Gasteiger partial charge in [0, 0.05) is 45.0 Å². The van der Waals surface area contributed by atoms with Crippen molar-refractivity contribution in [3.63, 3.8) is 0 Å². The molecule has 1 fully saturated rings. The number of benzene rings is 1. The highest BCUT2D eigenvalue weighted by molar-refractivity contribution is 5.98. The number of Topliss-reactive ketones (excluding diaryl/α,β-unsaturated/α-hetero) is 1. The minimum absolute atomic E-state index is 0.135. The fourth-order valence-corrected chi connectivity index (χ4v) is 4.24. The van der Waals surface area contributed by atoms with Crippen LogP contribution in [0.15, 0.2) is 67.0 Å². The molecule has 31 heavy (non-hydrogen) atoms. The van der Waals surface area contributed by atoms with Gasteiger partial charge in [0.25, 0.3) is 0 Å². The third-order valence-electron chi connectivity index (χ3n) is 5.95. The zero-order valence-electron chi connectivity index (χ0n) is 17.4. The predicted molar refractivity (Wildman–Crippen MR) is 122 cm³/mol. The molecular weight excluding hydrogens is 386 g/mol. The van der Waals surface area contributed by atoms with Crippen molar-refractivity contribution in [3.05, 3.63) is 83.8 Å². The van der Waals surface area contributed by atoms with E-state index < -0.39 is 0 Å². The average molecular weight is 412 g/mol. The van der Waals surface area contributed by atoms with Gasteiger partial charge in [0.15, 0.2) is 5.78 Å². The molecule has 3 aromatic rings. The number of ketones is 1. The lowest BCUT2D eigenvalue weighted by Gasteiger charge is -2.35. The van der Waals surface area contributed by atoms with Gasteiger partial charge < -0.3 is 9.80 Å². The van der Waals surface area contributed by atoms with E-state index in [0.29, 0.717) is 12.0 Å². The van der Waals surface area contributed by atoms with E-state index >= 15 is 0 Å². The molecule has 1 aliphatic carbocycles. The molecule has 0 amide bonds. The van der Waals surface area contributed by atoms with Crippen LogP contribution in [0.2, 0.25) is 0 Å². The first kappa shape index (κ1) is 19.4. The van der Waals surface area contributed by atoms with Crippen molar-refractivity contribution in [1.29, 1.82) is 0 Å². The van der Waals surface area contributed by atoms with Crippen molar-refractivity contribution in [2.24, 2.45) is 5.92 Å². The summed E-state index contributed by atoms with van der Waals surface area (Å²) in [4.78, 5) is 30.9. The van der Waals surface area contributed by atoms with E-state index in [2.05, 4.69) is 44.1 Å². The monoisotopic (exact) mass is 411 g/mol. The molecular formula is C25H25N5O. The van der Waals surface area contributed by atoms with Crippen molar-refractivity contribution >= 4 is 23.6 Å². The first-order valence-corrected chi connectivity index (χ1v) is 10.8. The smallest absolute Gasteiger partial charge is 0.225 e. The standard InChI is InChI=1S/C25H25N5O/c31-23-17-20(10-9-19-6-2-1-3-7-19)16-22-21(23)18-27-25(28-22)30-14-12-29(13-15-30)24-8-4-5-11-26-24/h1-11,18,20H,12-17H2/b10-9+/t20-/m0/s1. The highest BCUT2D eigenvalue weighted by Gasteiger charge is 2.27. The summed E-state index contributed by atoms with van der Waals surface area (Å²) in [7, 11) is 0. The molecule has 1 aliphatic heterocycles. The van der Waals surface area contributed by atoms with E-state index in [1.807, 2.05) is 42.6 Å². The number of fused-ring (bicyclic) bond motifs is 1. The summed E-state index contributed by atoms with van der Waals surface area (Å²) in [6.45, 7) is 3.42. The molecule has 1 atom stereocenters. The molecule has 1 aromatic carbocycles. The van der Waals surface area contributed by atoms with Crippen molar-refractivity contribution in [2.75, 3.05) is 36.0 Å². The number of carbonyl (C=O) groups is 1. The number of carbonyl (C=O) groups excluding carboxylic acids is 1. The van der Waals surface area contributed by atoms with Crippen LogP contribution in [0.4, 0.5) is 11.8 Å². The van der Waals surface area contributed by atoms with Crippen molar-refractivity contribution in [2.45, 2.75) is 12.8 Å². The second-order valence-electron chi connectivity index (χ2n) is 8.05. The van der Waals surface area contributed by atoms with E-state index in [9.17, 15) is 4.79 Å². The Morgan fingerprint density at radius 2 is 1.65 bits per heavy atom. The summed E-state index contributed by atoms with van der Waals surface area (Å²) in [6.07, 6.45) is 9.08.